The summed E-state index contributed by atoms with van der Waals surface area (Å²) < 4.78 is 1.83. The van der Waals surface area contributed by atoms with Gasteiger partial charge in [-0.1, -0.05) is 13.8 Å². The SMILES string of the molecule is CC1CCC(NCc2ncnn2C)C1C. The molecule has 0 radical (unpaired) electrons. The predicted octanol–water partition coefficient (Wildman–Crippen LogP) is 1.34. The highest BCUT2D eigenvalue weighted by Gasteiger charge is 2.29. The lowest BCUT2D eigenvalue weighted by molar-refractivity contribution is 0.365. The van der Waals surface area contributed by atoms with Gasteiger partial charge in [0.05, 0.1) is 6.54 Å². The van der Waals surface area contributed by atoms with Crippen molar-refractivity contribution in [1.29, 1.82) is 0 Å². The molecule has 1 N–H and O–H groups in total. The molecule has 4 nitrogen and oxygen atoms in total. The van der Waals surface area contributed by atoms with Crippen molar-refractivity contribution >= 4 is 0 Å². The van der Waals surface area contributed by atoms with Crippen LogP contribution in [-0.4, -0.2) is 20.8 Å². The second-order valence-corrected chi connectivity index (χ2v) is 4.70. The molecule has 0 aliphatic heterocycles. The monoisotopic (exact) mass is 208 g/mol. The van der Waals surface area contributed by atoms with Crippen molar-refractivity contribution in [3.05, 3.63) is 12.2 Å². The number of rotatable bonds is 3. The van der Waals surface area contributed by atoms with Gasteiger partial charge in [-0.25, -0.2) is 4.98 Å². The summed E-state index contributed by atoms with van der Waals surface area (Å²) in [5.74, 6) is 2.64. The summed E-state index contributed by atoms with van der Waals surface area (Å²) in [5, 5.41) is 7.64. The number of aryl methyl sites for hydroxylation is 1. The van der Waals surface area contributed by atoms with E-state index in [2.05, 4.69) is 29.2 Å². The standard InChI is InChI=1S/C11H20N4/c1-8-4-5-10(9(8)2)12-6-11-13-7-14-15(11)3/h7-10,12H,4-6H2,1-3H3. The van der Waals surface area contributed by atoms with Crippen molar-refractivity contribution in [2.75, 3.05) is 0 Å². The van der Waals surface area contributed by atoms with Crippen molar-refractivity contribution in [1.82, 2.24) is 20.1 Å². The van der Waals surface area contributed by atoms with Crippen LogP contribution in [0, 0.1) is 11.8 Å². The molecule has 2 rings (SSSR count). The first-order valence-electron chi connectivity index (χ1n) is 5.74. The zero-order chi connectivity index (χ0) is 10.8. The van der Waals surface area contributed by atoms with Crippen LogP contribution in [0.5, 0.6) is 0 Å². The molecule has 1 aliphatic carbocycles. The molecule has 3 unspecified atom stereocenters. The number of hydrogen-bond acceptors (Lipinski definition) is 3. The summed E-state index contributed by atoms with van der Waals surface area (Å²) in [5.41, 5.74) is 0. The first-order valence-corrected chi connectivity index (χ1v) is 5.74. The molecule has 0 spiro atoms. The van der Waals surface area contributed by atoms with E-state index in [1.165, 1.54) is 12.8 Å². The summed E-state index contributed by atoms with van der Waals surface area (Å²) in [6.45, 7) is 5.51. The van der Waals surface area contributed by atoms with Gasteiger partial charge in [0, 0.05) is 13.1 Å². The fraction of sp³-hybridized carbons (Fsp3) is 0.818. The van der Waals surface area contributed by atoms with E-state index in [0.29, 0.717) is 6.04 Å². The van der Waals surface area contributed by atoms with Crippen LogP contribution in [0.25, 0.3) is 0 Å². The number of aromatic nitrogens is 3. The largest absolute Gasteiger partial charge is 0.307 e. The average Bonchev–Trinajstić information content (AvgIpc) is 2.74. The maximum absolute atomic E-state index is 4.21. The molecular weight excluding hydrogens is 188 g/mol. The summed E-state index contributed by atoms with van der Waals surface area (Å²) in [4.78, 5) is 4.21. The zero-order valence-corrected chi connectivity index (χ0v) is 9.77. The van der Waals surface area contributed by atoms with E-state index in [-0.39, 0.29) is 0 Å². The molecule has 1 heterocycles. The van der Waals surface area contributed by atoms with Crippen LogP contribution < -0.4 is 5.32 Å². The van der Waals surface area contributed by atoms with Gasteiger partial charge in [0.1, 0.15) is 12.2 Å². The van der Waals surface area contributed by atoms with E-state index in [0.717, 1.165) is 24.2 Å². The first kappa shape index (κ1) is 10.6. The van der Waals surface area contributed by atoms with Crippen LogP contribution in [0.15, 0.2) is 6.33 Å². The molecule has 0 bridgehead atoms. The summed E-state index contributed by atoms with van der Waals surface area (Å²) in [6, 6.07) is 0.650. The number of nitrogens with zero attached hydrogens (tertiary/aromatic N) is 3. The Balaban J connectivity index is 1.86. The lowest BCUT2D eigenvalue weighted by atomic mass is 9.98. The quantitative estimate of drug-likeness (QED) is 0.815. The van der Waals surface area contributed by atoms with Crippen molar-refractivity contribution < 1.29 is 0 Å². The fourth-order valence-electron chi connectivity index (χ4n) is 2.36. The third-order valence-electron chi connectivity index (χ3n) is 3.79. The Bertz CT molecular complexity index is 320. The van der Waals surface area contributed by atoms with Crippen molar-refractivity contribution in [2.45, 2.75) is 39.3 Å². The Labute approximate surface area is 91.1 Å². The smallest absolute Gasteiger partial charge is 0.140 e. The third-order valence-corrected chi connectivity index (χ3v) is 3.79. The van der Waals surface area contributed by atoms with Crippen LogP contribution in [0.2, 0.25) is 0 Å². The van der Waals surface area contributed by atoms with Gasteiger partial charge in [0.25, 0.3) is 0 Å². The van der Waals surface area contributed by atoms with Gasteiger partial charge in [-0.3, -0.25) is 4.68 Å². The molecule has 84 valence electrons. The summed E-state index contributed by atoms with van der Waals surface area (Å²) in [7, 11) is 1.94. The van der Waals surface area contributed by atoms with E-state index in [1.54, 1.807) is 6.33 Å². The van der Waals surface area contributed by atoms with Crippen LogP contribution in [0.3, 0.4) is 0 Å². The van der Waals surface area contributed by atoms with Gasteiger partial charge >= 0.3 is 0 Å². The highest BCUT2D eigenvalue weighted by molar-refractivity contribution is 4.88. The van der Waals surface area contributed by atoms with Crippen molar-refractivity contribution in [3.8, 4) is 0 Å². The number of hydrogen-bond donors (Lipinski definition) is 1. The van der Waals surface area contributed by atoms with Gasteiger partial charge in [-0.2, -0.15) is 5.10 Å². The molecule has 1 aromatic rings. The molecule has 3 atom stereocenters. The van der Waals surface area contributed by atoms with Crippen molar-refractivity contribution in [2.24, 2.45) is 18.9 Å². The summed E-state index contributed by atoms with van der Waals surface area (Å²) in [6.07, 6.45) is 4.25. The van der Waals surface area contributed by atoms with E-state index in [1.807, 2.05) is 11.7 Å². The molecule has 1 saturated carbocycles. The zero-order valence-electron chi connectivity index (χ0n) is 9.77. The minimum atomic E-state index is 0.650. The predicted molar refractivity (Wildman–Crippen MR) is 59.2 cm³/mol. The molecule has 15 heavy (non-hydrogen) atoms. The van der Waals surface area contributed by atoms with E-state index < -0.39 is 0 Å². The summed E-state index contributed by atoms with van der Waals surface area (Å²) >= 11 is 0. The van der Waals surface area contributed by atoms with E-state index in [9.17, 15) is 0 Å². The molecular formula is C11H20N4. The van der Waals surface area contributed by atoms with Crippen LogP contribution >= 0.6 is 0 Å². The van der Waals surface area contributed by atoms with E-state index in [4.69, 9.17) is 0 Å². The highest BCUT2D eigenvalue weighted by atomic mass is 15.3. The molecule has 1 aromatic heterocycles. The van der Waals surface area contributed by atoms with Gasteiger partial charge in [0.2, 0.25) is 0 Å². The topological polar surface area (TPSA) is 42.7 Å². The molecule has 0 saturated heterocycles. The molecule has 1 fully saturated rings. The maximum atomic E-state index is 4.21. The normalized spacial score (nSPS) is 31.0. The first-order chi connectivity index (χ1) is 7.18. The van der Waals surface area contributed by atoms with Crippen LogP contribution in [0.4, 0.5) is 0 Å². The average molecular weight is 208 g/mol. The Morgan fingerprint density at radius 1 is 1.47 bits per heavy atom. The lowest BCUT2D eigenvalue weighted by Crippen LogP contribution is -2.32. The Hall–Kier alpha value is -0.900. The second kappa shape index (κ2) is 4.31. The highest BCUT2D eigenvalue weighted by Crippen LogP contribution is 2.31. The fourth-order valence-corrected chi connectivity index (χ4v) is 2.36. The molecule has 0 aromatic carbocycles. The Morgan fingerprint density at radius 3 is 2.80 bits per heavy atom. The van der Waals surface area contributed by atoms with Crippen LogP contribution in [0.1, 0.15) is 32.5 Å². The van der Waals surface area contributed by atoms with Crippen molar-refractivity contribution in [3.63, 3.8) is 0 Å². The van der Waals surface area contributed by atoms with Gasteiger partial charge in [-0.05, 0) is 24.7 Å². The number of nitrogens with one attached hydrogen (secondary N) is 1. The van der Waals surface area contributed by atoms with Gasteiger partial charge in [-0.15, -0.1) is 0 Å². The molecule has 4 heteroatoms. The van der Waals surface area contributed by atoms with Gasteiger partial charge in [0.15, 0.2) is 0 Å². The maximum Gasteiger partial charge on any atom is 0.140 e. The second-order valence-electron chi connectivity index (χ2n) is 4.70. The minimum absolute atomic E-state index is 0.650. The van der Waals surface area contributed by atoms with Crippen LogP contribution in [-0.2, 0) is 13.6 Å². The third kappa shape index (κ3) is 2.20. The lowest BCUT2D eigenvalue weighted by Gasteiger charge is -2.19. The molecule has 0 amide bonds. The minimum Gasteiger partial charge on any atom is -0.307 e. The Kier molecular flexibility index (Phi) is 3.05. The van der Waals surface area contributed by atoms with Gasteiger partial charge < -0.3 is 5.32 Å². The van der Waals surface area contributed by atoms with E-state index >= 15 is 0 Å². The Morgan fingerprint density at radius 2 is 2.27 bits per heavy atom. The molecule has 1 aliphatic rings.